The van der Waals surface area contributed by atoms with Crippen molar-refractivity contribution in [1.82, 2.24) is 21.3 Å². The third-order valence-corrected chi connectivity index (χ3v) is 4.05. The largest absolute Gasteiger partial charge is 0.273 e. The van der Waals surface area contributed by atoms with E-state index in [0.717, 1.165) is 6.42 Å². The zero-order valence-electron chi connectivity index (χ0n) is 8.27. The number of carbonyl (C=O) groups excluding carboxylic acids is 1. The first-order valence-electron chi connectivity index (χ1n) is 4.94. The molecule has 0 radical (unpaired) electrons. The van der Waals surface area contributed by atoms with Crippen LogP contribution in [0.5, 0.6) is 0 Å². The first-order chi connectivity index (χ1) is 7.75. The number of carbonyl (C=O) groups is 1. The van der Waals surface area contributed by atoms with Crippen LogP contribution in [0.3, 0.4) is 0 Å². The molecular formula is C9H10N4OS2. The molecule has 3 rings (SSSR count). The van der Waals surface area contributed by atoms with Crippen LogP contribution in [0.1, 0.15) is 17.3 Å². The molecule has 0 aliphatic carbocycles. The lowest BCUT2D eigenvalue weighted by atomic mass is 10.1. The molecule has 2 unspecified atom stereocenters. The van der Waals surface area contributed by atoms with Crippen molar-refractivity contribution >= 4 is 34.6 Å². The molecule has 0 aromatic carbocycles. The molecule has 1 aromatic heterocycles. The van der Waals surface area contributed by atoms with Gasteiger partial charge >= 0.3 is 0 Å². The second-order valence-corrected chi connectivity index (χ2v) is 5.10. The summed E-state index contributed by atoms with van der Waals surface area (Å²) in [6, 6.07) is 4.04. The first-order valence-corrected chi connectivity index (χ1v) is 6.23. The summed E-state index contributed by atoms with van der Waals surface area (Å²) < 4.78 is 0. The predicted molar refractivity (Wildman–Crippen MR) is 64.3 cm³/mol. The number of hydrogen-bond donors (Lipinski definition) is 3. The van der Waals surface area contributed by atoms with E-state index < -0.39 is 0 Å². The van der Waals surface area contributed by atoms with Gasteiger partial charge in [-0.05, 0) is 23.7 Å². The van der Waals surface area contributed by atoms with E-state index in [4.69, 9.17) is 12.2 Å². The number of nitrogens with one attached hydrogen (secondary N) is 3. The standard InChI is InChI=1S/C9H10N4OS2/c14-8-6-4-5(7-2-1-3-16-7)12-13(6)9(15)11-10-8/h1-3,5-6,12H,4H2,(H,10,14)(H,11,15). The molecule has 2 atom stereocenters. The van der Waals surface area contributed by atoms with Crippen molar-refractivity contribution in [2.75, 3.05) is 0 Å². The molecule has 0 bridgehead atoms. The number of nitrogens with zero attached hydrogens (tertiary/aromatic N) is 1. The Morgan fingerprint density at radius 2 is 2.38 bits per heavy atom. The number of amides is 1. The quantitative estimate of drug-likeness (QED) is 0.629. The van der Waals surface area contributed by atoms with Gasteiger partial charge in [0.1, 0.15) is 6.04 Å². The van der Waals surface area contributed by atoms with Crippen LogP contribution in [-0.2, 0) is 4.79 Å². The van der Waals surface area contributed by atoms with Gasteiger partial charge < -0.3 is 0 Å². The lowest BCUT2D eigenvalue weighted by Crippen LogP contribution is -2.63. The summed E-state index contributed by atoms with van der Waals surface area (Å²) in [5.41, 5.74) is 8.48. The lowest BCUT2D eigenvalue weighted by Gasteiger charge is -2.31. The summed E-state index contributed by atoms with van der Waals surface area (Å²) in [6.07, 6.45) is 0.744. The normalized spacial score (nSPS) is 28.6. The van der Waals surface area contributed by atoms with Crippen molar-refractivity contribution in [3.05, 3.63) is 22.4 Å². The maximum atomic E-state index is 11.6. The SMILES string of the molecule is O=C1NNC(=S)N2NC(c3cccs3)CC12. The molecule has 84 valence electrons. The highest BCUT2D eigenvalue weighted by Gasteiger charge is 2.41. The van der Waals surface area contributed by atoms with Gasteiger partial charge in [-0.25, -0.2) is 5.43 Å². The third-order valence-electron chi connectivity index (χ3n) is 2.77. The molecule has 16 heavy (non-hydrogen) atoms. The Kier molecular flexibility index (Phi) is 2.31. The molecule has 2 fully saturated rings. The minimum atomic E-state index is -0.208. The van der Waals surface area contributed by atoms with E-state index in [1.807, 2.05) is 11.4 Å². The molecule has 1 amide bonds. The molecule has 1 aromatic rings. The van der Waals surface area contributed by atoms with Crippen molar-refractivity contribution in [1.29, 1.82) is 0 Å². The number of fused-ring (bicyclic) bond motifs is 1. The molecular weight excluding hydrogens is 244 g/mol. The average Bonchev–Trinajstić information content (AvgIpc) is 2.90. The van der Waals surface area contributed by atoms with Crippen molar-refractivity contribution in [3.63, 3.8) is 0 Å². The summed E-state index contributed by atoms with van der Waals surface area (Å²) in [5, 5.41) is 4.28. The minimum absolute atomic E-state index is 0.0415. The number of hydrogen-bond acceptors (Lipinski definition) is 4. The summed E-state index contributed by atoms with van der Waals surface area (Å²) >= 11 is 6.80. The van der Waals surface area contributed by atoms with E-state index in [-0.39, 0.29) is 18.0 Å². The van der Waals surface area contributed by atoms with Crippen molar-refractivity contribution in [2.45, 2.75) is 18.5 Å². The van der Waals surface area contributed by atoms with Gasteiger partial charge in [0.15, 0.2) is 0 Å². The second kappa shape index (κ2) is 3.69. The van der Waals surface area contributed by atoms with E-state index in [0.29, 0.717) is 5.11 Å². The van der Waals surface area contributed by atoms with Gasteiger partial charge in [0, 0.05) is 11.3 Å². The topological polar surface area (TPSA) is 56.4 Å². The summed E-state index contributed by atoms with van der Waals surface area (Å²) in [4.78, 5) is 12.9. The van der Waals surface area contributed by atoms with E-state index in [1.165, 1.54) is 4.88 Å². The highest BCUT2D eigenvalue weighted by molar-refractivity contribution is 7.80. The van der Waals surface area contributed by atoms with Gasteiger partial charge in [-0.15, -0.1) is 11.3 Å². The minimum Gasteiger partial charge on any atom is -0.273 e. The van der Waals surface area contributed by atoms with E-state index in [2.05, 4.69) is 22.3 Å². The third kappa shape index (κ3) is 1.48. The Bertz CT molecular complexity index is 409. The van der Waals surface area contributed by atoms with E-state index >= 15 is 0 Å². The maximum Gasteiger partial charge on any atom is 0.262 e. The predicted octanol–water partition coefficient (Wildman–Crippen LogP) is 0.287. The molecule has 7 heteroatoms. The lowest BCUT2D eigenvalue weighted by molar-refractivity contribution is -0.126. The highest BCUT2D eigenvalue weighted by atomic mass is 32.1. The van der Waals surface area contributed by atoms with E-state index in [1.54, 1.807) is 16.3 Å². The van der Waals surface area contributed by atoms with Gasteiger partial charge in [0.2, 0.25) is 5.11 Å². The molecule has 0 saturated carbocycles. The molecule has 0 spiro atoms. The summed E-state index contributed by atoms with van der Waals surface area (Å²) in [6.45, 7) is 0. The van der Waals surface area contributed by atoms with Gasteiger partial charge in [-0.3, -0.25) is 20.7 Å². The molecule has 3 N–H and O–H groups in total. The number of thiophene rings is 1. The van der Waals surface area contributed by atoms with Crippen LogP contribution in [-0.4, -0.2) is 22.1 Å². The molecule has 2 aliphatic heterocycles. The van der Waals surface area contributed by atoms with Crippen molar-refractivity contribution < 1.29 is 4.79 Å². The van der Waals surface area contributed by atoms with Gasteiger partial charge in [0.25, 0.3) is 5.91 Å². The van der Waals surface area contributed by atoms with Crippen molar-refractivity contribution in [2.24, 2.45) is 0 Å². The van der Waals surface area contributed by atoms with Crippen LogP contribution in [0.4, 0.5) is 0 Å². The summed E-state index contributed by atoms with van der Waals surface area (Å²) in [5.74, 6) is -0.0415. The van der Waals surface area contributed by atoms with Crippen LogP contribution in [0.25, 0.3) is 0 Å². The molecule has 5 nitrogen and oxygen atoms in total. The fourth-order valence-corrected chi connectivity index (χ4v) is 3.01. The summed E-state index contributed by atoms with van der Waals surface area (Å²) in [7, 11) is 0. The second-order valence-electron chi connectivity index (χ2n) is 3.74. The Hall–Kier alpha value is -1.18. The van der Waals surface area contributed by atoms with Gasteiger partial charge in [-0.2, -0.15) is 0 Å². The molecule has 3 heterocycles. The fourth-order valence-electron chi connectivity index (χ4n) is 1.99. The Morgan fingerprint density at radius 3 is 3.06 bits per heavy atom. The van der Waals surface area contributed by atoms with Crippen LogP contribution >= 0.6 is 23.6 Å². The molecule has 2 saturated heterocycles. The maximum absolute atomic E-state index is 11.6. The number of thiocarbonyl (C=S) groups is 1. The van der Waals surface area contributed by atoms with Crippen LogP contribution < -0.4 is 16.3 Å². The van der Waals surface area contributed by atoms with Gasteiger partial charge in [0.05, 0.1) is 6.04 Å². The monoisotopic (exact) mass is 254 g/mol. The van der Waals surface area contributed by atoms with Crippen molar-refractivity contribution in [3.8, 4) is 0 Å². The zero-order valence-corrected chi connectivity index (χ0v) is 9.90. The Morgan fingerprint density at radius 1 is 1.50 bits per heavy atom. The van der Waals surface area contributed by atoms with Crippen LogP contribution in [0.15, 0.2) is 17.5 Å². The Balaban J connectivity index is 1.84. The number of hydrazine groups is 2. The van der Waals surface area contributed by atoms with E-state index in [9.17, 15) is 4.79 Å². The van der Waals surface area contributed by atoms with Crippen LogP contribution in [0.2, 0.25) is 0 Å². The fraction of sp³-hybridized carbons (Fsp3) is 0.333. The Labute approximate surface area is 102 Å². The number of rotatable bonds is 1. The first kappa shape index (κ1) is 10.0. The zero-order chi connectivity index (χ0) is 11.1. The molecule has 2 aliphatic rings. The highest BCUT2D eigenvalue weighted by Crippen LogP contribution is 2.30. The van der Waals surface area contributed by atoms with Gasteiger partial charge in [-0.1, -0.05) is 6.07 Å². The smallest absolute Gasteiger partial charge is 0.262 e. The average molecular weight is 254 g/mol. The van der Waals surface area contributed by atoms with Crippen LogP contribution in [0, 0.1) is 0 Å².